The molecular weight excluding hydrogens is 260 g/mol. The van der Waals surface area contributed by atoms with Crippen LogP contribution in [0.15, 0.2) is 48.5 Å². The molecule has 0 aromatic heterocycles. The zero-order valence-corrected chi connectivity index (χ0v) is 11.5. The van der Waals surface area contributed by atoms with Crippen LogP contribution in [0, 0.1) is 0 Å². The second-order valence-electron chi connectivity index (χ2n) is 4.22. The molecule has 0 bridgehead atoms. The lowest BCUT2D eigenvalue weighted by Gasteiger charge is -2.07. The molecule has 0 radical (unpaired) electrons. The number of hydrogen-bond donors (Lipinski definition) is 0. The van der Waals surface area contributed by atoms with Gasteiger partial charge in [-0.3, -0.25) is 4.79 Å². The van der Waals surface area contributed by atoms with E-state index in [1.807, 2.05) is 24.3 Å². The third-order valence-electron chi connectivity index (χ3n) is 2.82. The summed E-state index contributed by atoms with van der Waals surface area (Å²) in [6.07, 6.45) is 0.944. The van der Waals surface area contributed by atoms with Gasteiger partial charge >= 0.3 is 0 Å². The van der Waals surface area contributed by atoms with Gasteiger partial charge in [0.15, 0.2) is 12.4 Å². The Hall–Kier alpha value is -1.80. The molecule has 2 aromatic carbocycles. The van der Waals surface area contributed by atoms with Crippen molar-refractivity contribution in [3.63, 3.8) is 0 Å². The lowest BCUT2D eigenvalue weighted by atomic mass is 10.1. The molecule has 0 fully saturated rings. The number of Topliss-reactive ketones (excluding diaryl/α,β-unsaturated/α-hetero) is 1. The third kappa shape index (κ3) is 3.83. The van der Waals surface area contributed by atoms with Crippen LogP contribution < -0.4 is 4.74 Å². The molecule has 0 saturated carbocycles. The number of aryl methyl sites for hydroxylation is 1. The van der Waals surface area contributed by atoms with Crippen LogP contribution in [0.3, 0.4) is 0 Å². The van der Waals surface area contributed by atoms with Gasteiger partial charge in [0, 0.05) is 10.6 Å². The van der Waals surface area contributed by atoms with Gasteiger partial charge in [0.25, 0.3) is 0 Å². The molecule has 0 amide bonds. The highest BCUT2D eigenvalue weighted by atomic mass is 35.5. The first-order valence-electron chi connectivity index (χ1n) is 6.19. The third-order valence-corrected chi connectivity index (χ3v) is 3.06. The summed E-state index contributed by atoms with van der Waals surface area (Å²) >= 11 is 5.85. The van der Waals surface area contributed by atoms with E-state index in [1.54, 1.807) is 24.3 Å². The minimum absolute atomic E-state index is 0.0213. The van der Waals surface area contributed by atoms with Gasteiger partial charge in [-0.05, 0) is 36.2 Å². The molecule has 0 N–H and O–H groups in total. The summed E-state index contributed by atoms with van der Waals surface area (Å²) in [5.41, 5.74) is 1.76. The molecule has 2 rings (SSSR count). The van der Waals surface area contributed by atoms with E-state index in [4.69, 9.17) is 16.3 Å². The number of carbonyl (C=O) groups is 1. The van der Waals surface area contributed by atoms with E-state index >= 15 is 0 Å². The predicted octanol–water partition coefficient (Wildman–Crippen LogP) is 4.16. The number of rotatable bonds is 5. The van der Waals surface area contributed by atoms with E-state index in [0.29, 0.717) is 10.6 Å². The molecule has 0 aliphatic heterocycles. The minimum Gasteiger partial charge on any atom is -0.485 e. The summed E-state index contributed by atoms with van der Waals surface area (Å²) in [4.78, 5) is 11.9. The maximum atomic E-state index is 11.9. The second kappa shape index (κ2) is 6.39. The summed E-state index contributed by atoms with van der Waals surface area (Å²) in [7, 11) is 0. The Morgan fingerprint density at radius 1 is 1.16 bits per heavy atom. The van der Waals surface area contributed by atoms with Crippen LogP contribution in [0.1, 0.15) is 22.8 Å². The molecule has 0 aliphatic rings. The van der Waals surface area contributed by atoms with Gasteiger partial charge in [-0.25, -0.2) is 0 Å². The monoisotopic (exact) mass is 274 g/mol. The lowest BCUT2D eigenvalue weighted by Crippen LogP contribution is -2.11. The van der Waals surface area contributed by atoms with Crippen molar-refractivity contribution in [3.05, 3.63) is 64.7 Å². The fraction of sp³-hybridized carbons (Fsp3) is 0.188. The smallest absolute Gasteiger partial charge is 0.200 e. The topological polar surface area (TPSA) is 26.3 Å². The van der Waals surface area contributed by atoms with Crippen LogP contribution in [0.25, 0.3) is 0 Å². The van der Waals surface area contributed by atoms with Gasteiger partial charge in [0.1, 0.15) is 5.75 Å². The molecular formula is C16H15ClO2. The summed E-state index contributed by atoms with van der Waals surface area (Å²) in [5.74, 6) is 0.638. The van der Waals surface area contributed by atoms with Crippen LogP contribution in [0.2, 0.25) is 5.02 Å². The van der Waals surface area contributed by atoms with E-state index in [2.05, 4.69) is 6.92 Å². The summed E-state index contributed by atoms with van der Waals surface area (Å²) in [6, 6.07) is 14.6. The molecule has 2 nitrogen and oxygen atoms in total. The van der Waals surface area contributed by atoms with Crippen molar-refractivity contribution < 1.29 is 9.53 Å². The highest BCUT2D eigenvalue weighted by Crippen LogP contribution is 2.15. The Kier molecular flexibility index (Phi) is 4.58. The zero-order valence-electron chi connectivity index (χ0n) is 10.7. The molecule has 3 heteroatoms. The Bertz CT molecular complexity index is 578. The van der Waals surface area contributed by atoms with Crippen molar-refractivity contribution in [2.24, 2.45) is 0 Å². The fourth-order valence-electron chi connectivity index (χ4n) is 1.75. The van der Waals surface area contributed by atoms with Gasteiger partial charge in [0.05, 0.1) is 0 Å². The SMILES string of the molecule is CCc1cccc(OCC(=O)c2cccc(Cl)c2)c1. The first-order chi connectivity index (χ1) is 9.19. The molecule has 0 saturated heterocycles. The molecule has 0 spiro atoms. The number of ether oxygens (including phenoxy) is 1. The van der Waals surface area contributed by atoms with Gasteiger partial charge in [-0.1, -0.05) is 42.8 Å². The maximum Gasteiger partial charge on any atom is 0.200 e. The standard InChI is InChI=1S/C16H15ClO2/c1-2-12-5-3-8-15(9-12)19-11-16(18)13-6-4-7-14(17)10-13/h3-10H,2,11H2,1H3. The van der Waals surface area contributed by atoms with Crippen molar-refractivity contribution in [3.8, 4) is 5.75 Å². The molecule has 2 aromatic rings. The molecule has 0 aliphatic carbocycles. The highest BCUT2D eigenvalue weighted by Gasteiger charge is 2.07. The van der Waals surface area contributed by atoms with Crippen molar-refractivity contribution in [1.82, 2.24) is 0 Å². The Balaban J connectivity index is 2.00. The van der Waals surface area contributed by atoms with E-state index in [9.17, 15) is 4.79 Å². The largest absolute Gasteiger partial charge is 0.485 e. The Morgan fingerprint density at radius 3 is 2.68 bits per heavy atom. The number of ketones is 1. The quantitative estimate of drug-likeness (QED) is 0.765. The van der Waals surface area contributed by atoms with Crippen LogP contribution in [0.4, 0.5) is 0 Å². The molecule has 0 atom stereocenters. The Morgan fingerprint density at radius 2 is 1.95 bits per heavy atom. The van der Waals surface area contributed by atoms with Crippen molar-refractivity contribution >= 4 is 17.4 Å². The Labute approximate surface area is 118 Å². The van der Waals surface area contributed by atoms with E-state index in [0.717, 1.165) is 12.2 Å². The van der Waals surface area contributed by atoms with Crippen LogP contribution >= 0.6 is 11.6 Å². The minimum atomic E-state index is -0.0793. The van der Waals surface area contributed by atoms with Gasteiger partial charge in [0.2, 0.25) is 0 Å². The fourth-order valence-corrected chi connectivity index (χ4v) is 1.94. The molecule has 19 heavy (non-hydrogen) atoms. The first-order valence-corrected chi connectivity index (χ1v) is 6.57. The first kappa shape index (κ1) is 13.6. The lowest BCUT2D eigenvalue weighted by molar-refractivity contribution is 0.0921. The van der Waals surface area contributed by atoms with Crippen LogP contribution in [-0.4, -0.2) is 12.4 Å². The summed E-state index contributed by atoms with van der Waals surface area (Å²) < 4.78 is 5.51. The molecule has 0 unspecified atom stereocenters. The average Bonchev–Trinajstić information content (AvgIpc) is 2.45. The molecule has 98 valence electrons. The van der Waals surface area contributed by atoms with Gasteiger partial charge in [-0.15, -0.1) is 0 Å². The van der Waals surface area contributed by atoms with Gasteiger partial charge < -0.3 is 4.74 Å². The van der Waals surface area contributed by atoms with Crippen molar-refractivity contribution in [2.75, 3.05) is 6.61 Å². The number of halogens is 1. The second-order valence-corrected chi connectivity index (χ2v) is 4.66. The van der Waals surface area contributed by atoms with Gasteiger partial charge in [-0.2, -0.15) is 0 Å². The van der Waals surface area contributed by atoms with Crippen LogP contribution in [0.5, 0.6) is 5.75 Å². The number of hydrogen-bond acceptors (Lipinski definition) is 2. The van der Waals surface area contributed by atoms with Crippen molar-refractivity contribution in [1.29, 1.82) is 0 Å². The average molecular weight is 275 g/mol. The van der Waals surface area contributed by atoms with E-state index in [-0.39, 0.29) is 12.4 Å². The zero-order chi connectivity index (χ0) is 13.7. The van der Waals surface area contributed by atoms with Crippen LogP contribution in [-0.2, 0) is 6.42 Å². The maximum absolute atomic E-state index is 11.9. The van der Waals surface area contributed by atoms with E-state index < -0.39 is 0 Å². The number of carbonyl (C=O) groups excluding carboxylic acids is 1. The highest BCUT2D eigenvalue weighted by molar-refractivity contribution is 6.31. The normalized spacial score (nSPS) is 10.2. The molecule has 0 heterocycles. The van der Waals surface area contributed by atoms with Crippen molar-refractivity contribution in [2.45, 2.75) is 13.3 Å². The number of benzene rings is 2. The summed E-state index contributed by atoms with van der Waals surface area (Å²) in [5, 5.41) is 0.554. The predicted molar refractivity (Wildman–Crippen MR) is 77.1 cm³/mol. The summed E-state index contributed by atoms with van der Waals surface area (Å²) in [6.45, 7) is 2.10. The van der Waals surface area contributed by atoms with E-state index in [1.165, 1.54) is 5.56 Å².